The first kappa shape index (κ1) is 10.7. The van der Waals surface area contributed by atoms with Gasteiger partial charge in [0.05, 0.1) is 12.3 Å². The van der Waals surface area contributed by atoms with Crippen molar-refractivity contribution in [2.75, 3.05) is 23.8 Å². The van der Waals surface area contributed by atoms with Crippen LogP contribution < -0.4 is 10.6 Å². The molecule has 84 valence electrons. The molecule has 3 N–H and O–H groups in total. The van der Waals surface area contributed by atoms with E-state index in [4.69, 9.17) is 16.1 Å². The summed E-state index contributed by atoms with van der Waals surface area (Å²) in [6.45, 7) is 0.636. The topological polar surface area (TPSA) is 86.2 Å². The number of nitrogens with two attached hydrogens (primary N) is 1. The van der Waals surface area contributed by atoms with Crippen molar-refractivity contribution in [1.29, 1.82) is 5.26 Å². The molecule has 0 atom stereocenters. The molecule has 0 unspecified atom stereocenters. The lowest BCUT2D eigenvalue weighted by molar-refractivity contribution is 0.301. The first-order valence-corrected chi connectivity index (χ1v) is 5.30. The van der Waals surface area contributed by atoms with Gasteiger partial charge in [0.1, 0.15) is 11.9 Å². The van der Waals surface area contributed by atoms with E-state index in [9.17, 15) is 0 Å². The summed E-state index contributed by atoms with van der Waals surface area (Å²) in [6.07, 6.45) is 2.24. The van der Waals surface area contributed by atoms with Crippen LogP contribution in [0.1, 0.15) is 18.5 Å². The molecule has 5 heteroatoms. The number of anilines is 2. The number of nitrogens with zero attached hydrogens (tertiary/aromatic N) is 3. The van der Waals surface area contributed by atoms with Gasteiger partial charge in [0.15, 0.2) is 5.69 Å². The molecule has 1 aliphatic carbocycles. The Morgan fingerprint density at radius 1 is 1.56 bits per heavy atom. The highest BCUT2D eigenvalue weighted by atomic mass is 16.3. The van der Waals surface area contributed by atoms with Crippen molar-refractivity contribution >= 4 is 11.5 Å². The second kappa shape index (κ2) is 4.37. The van der Waals surface area contributed by atoms with E-state index in [-0.39, 0.29) is 12.3 Å². The minimum atomic E-state index is 0.0877. The molecule has 0 spiro atoms. The molecule has 1 saturated carbocycles. The molecule has 0 aromatic carbocycles. The van der Waals surface area contributed by atoms with Crippen LogP contribution in [0.25, 0.3) is 0 Å². The highest BCUT2D eigenvalue weighted by molar-refractivity contribution is 5.56. The zero-order valence-electron chi connectivity index (χ0n) is 8.93. The number of pyridine rings is 1. The maximum atomic E-state index is 9.00. The zero-order valence-corrected chi connectivity index (χ0v) is 8.93. The fourth-order valence-corrected chi connectivity index (χ4v) is 1.69. The maximum absolute atomic E-state index is 9.00. The van der Waals surface area contributed by atoms with Crippen LogP contribution in [0.2, 0.25) is 0 Å². The molecule has 1 aliphatic rings. The number of aliphatic hydroxyl groups excluding tert-OH is 1. The number of aromatic nitrogens is 1. The summed E-state index contributed by atoms with van der Waals surface area (Å²) in [5.41, 5.74) is 6.26. The van der Waals surface area contributed by atoms with E-state index in [2.05, 4.69) is 4.98 Å². The first-order valence-electron chi connectivity index (χ1n) is 5.30. The van der Waals surface area contributed by atoms with Gasteiger partial charge >= 0.3 is 0 Å². The van der Waals surface area contributed by atoms with Crippen molar-refractivity contribution in [3.63, 3.8) is 0 Å². The third-order valence-corrected chi connectivity index (χ3v) is 2.64. The molecular formula is C11H14N4O. The average Bonchev–Trinajstić information content (AvgIpc) is 3.11. The molecule has 1 heterocycles. The van der Waals surface area contributed by atoms with Gasteiger partial charge in [-0.15, -0.1) is 0 Å². The number of hydrogen-bond donors (Lipinski definition) is 2. The Morgan fingerprint density at radius 3 is 2.88 bits per heavy atom. The number of rotatable bonds is 4. The van der Waals surface area contributed by atoms with Crippen molar-refractivity contribution in [2.45, 2.75) is 18.9 Å². The van der Waals surface area contributed by atoms with Crippen LogP contribution in [0, 0.1) is 11.3 Å². The molecule has 0 radical (unpaired) electrons. The van der Waals surface area contributed by atoms with E-state index < -0.39 is 0 Å². The minimum absolute atomic E-state index is 0.0877. The third-order valence-electron chi connectivity index (χ3n) is 2.64. The van der Waals surface area contributed by atoms with E-state index >= 15 is 0 Å². The van der Waals surface area contributed by atoms with Gasteiger partial charge in [-0.3, -0.25) is 0 Å². The van der Waals surface area contributed by atoms with E-state index in [1.54, 1.807) is 12.1 Å². The van der Waals surface area contributed by atoms with Gasteiger partial charge in [0.25, 0.3) is 0 Å². The van der Waals surface area contributed by atoms with Crippen LogP contribution in [0.5, 0.6) is 0 Å². The largest absolute Gasteiger partial charge is 0.396 e. The average molecular weight is 218 g/mol. The Labute approximate surface area is 94.1 Å². The van der Waals surface area contributed by atoms with E-state index in [0.717, 1.165) is 18.7 Å². The molecule has 1 fully saturated rings. The van der Waals surface area contributed by atoms with Gasteiger partial charge in [-0.2, -0.15) is 5.26 Å². The van der Waals surface area contributed by atoms with Crippen molar-refractivity contribution in [2.24, 2.45) is 0 Å². The molecule has 0 aliphatic heterocycles. The summed E-state index contributed by atoms with van der Waals surface area (Å²) >= 11 is 0. The van der Waals surface area contributed by atoms with Crippen LogP contribution in [-0.4, -0.2) is 29.3 Å². The first-order chi connectivity index (χ1) is 7.76. The standard InChI is InChI=1S/C11H14N4O/c12-7-10-9(13)3-4-11(14-10)15(5-6-16)8-1-2-8/h3-4,8,16H,1-2,5-6,13H2. The fourth-order valence-electron chi connectivity index (χ4n) is 1.69. The second-order valence-corrected chi connectivity index (χ2v) is 3.87. The van der Waals surface area contributed by atoms with Crippen LogP contribution in [0.4, 0.5) is 11.5 Å². The lowest BCUT2D eigenvalue weighted by atomic mass is 10.3. The van der Waals surface area contributed by atoms with E-state index in [1.165, 1.54) is 0 Å². The smallest absolute Gasteiger partial charge is 0.165 e. The summed E-state index contributed by atoms with van der Waals surface area (Å²) in [5, 5.41) is 17.8. The number of nitrogen functional groups attached to an aromatic ring is 1. The lowest BCUT2D eigenvalue weighted by Crippen LogP contribution is -2.29. The summed E-state index contributed by atoms with van der Waals surface area (Å²) in [5.74, 6) is 0.724. The molecule has 0 saturated heterocycles. The van der Waals surface area contributed by atoms with Crippen LogP contribution in [0.3, 0.4) is 0 Å². The molecule has 1 aromatic heterocycles. The highest BCUT2D eigenvalue weighted by Crippen LogP contribution is 2.30. The van der Waals surface area contributed by atoms with Crippen LogP contribution in [-0.2, 0) is 0 Å². The number of aliphatic hydroxyl groups is 1. The van der Waals surface area contributed by atoms with Crippen molar-refractivity contribution in [3.8, 4) is 6.07 Å². The molecule has 1 aromatic rings. The molecule has 0 amide bonds. The van der Waals surface area contributed by atoms with Gasteiger partial charge in [-0.05, 0) is 25.0 Å². The van der Waals surface area contributed by atoms with Crippen LogP contribution >= 0.6 is 0 Å². The maximum Gasteiger partial charge on any atom is 0.165 e. The SMILES string of the molecule is N#Cc1nc(N(CCO)C2CC2)ccc1N. The van der Waals surface area contributed by atoms with E-state index in [1.807, 2.05) is 11.0 Å². The number of hydrogen-bond acceptors (Lipinski definition) is 5. The molecule has 2 rings (SSSR count). The van der Waals surface area contributed by atoms with Crippen molar-refractivity contribution in [1.82, 2.24) is 4.98 Å². The van der Waals surface area contributed by atoms with Crippen molar-refractivity contribution < 1.29 is 5.11 Å². The van der Waals surface area contributed by atoms with Crippen molar-refractivity contribution in [3.05, 3.63) is 17.8 Å². The normalized spacial score (nSPS) is 14.5. The monoisotopic (exact) mass is 218 g/mol. The quantitative estimate of drug-likeness (QED) is 0.768. The third kappa shape index (κ3) is 2.07. The Hall–Kier alpha value is -1.80. The minimum Gasteiger partial charge on any atom is -0.396 e. The number of nitriles is 1. The van der Waals surface area contributed by atoms with Gasteiger partial charge in [0.2, 0.25) is 0 Å². The Kier molecular flexibility index (Phi) is 2.93. The molecular weight excluding hydrogens is 204 g/mol. The highest BCUT2D eigenvalue weighted by Gasteiger charge is 2.29. The summed E-state index contributed by atoms with van der Waals surface area (Å²) < 4.78 is 0. The predicted octanol–water partition coefficient (Wildman–Crippen LogP) is 0.497. The van der Waals surface area contributed by atoms with Gasteiger partial charge in [0, 0.05) is 12.6 Å². The molecule has 5 nitrogen and oxygen atoms in total. The van der Waals surface area contributed by atoms with E-state index in [0.29, 0.717) is 18.3 Å². The molecule has 0 bridgehead atoms. The summed E-state index contributed by atoms with van der Waals surface area (Å²) in [7, 11) is 0. The second-order valence-electron chi connectivity index (χ2n) is 3.87. The van der Waals surface area contributed by atoms with Crippen LogP contribution in [0.15, 0.2) is 12.1 Å². The van der Waals surface area contributed by atoms with Gasteiger partial charge in [-0.25, -0.2) is 4.98 Å². The van der Waals surface area contributed by atoms with Gasteiger partial charge < -0.3 is 15.7 Å². The fraction of sp³-hybridized carbons (Fsp3) is 0.455. The van der Waals surface area contributed by atoms with Gasteiger partial charge in [-0.1, -0.05) is 0 Å². The lowest BCUT2D eigenvalue weighted by Gasteiger charge is -2.22. The summed E-state index contributed by atoms with van der Waals surface area (Å²) in [6, 6.07) is 5.90. The zero-order chi connectivity index (χ0) is 11.5. The Morgan fingerprint density at radius 2 is 2.31 bits per heavy atom. The Balaban J connectivity index is 2.27. The predicted molar refractivity (Wildman–Crippen MR) is 60.8 cm³/mol. The molecule has 16 heavy (non-hydrogen) atoms. The summed E-state index contributed by atoms with van der Waals surface area (Å²) in [4.78, 5) is 6.23. The Bertz CT molecular complexity index is 422.